The maximum atomic E-state index is 13.0. The number of methoxy groups -OCH3 is 1. The highest BCUT2D eigenvalue weighted by atomic mass is 16.5. The van der Waals surface area contributed by atoms with Crippen molar-refractivity contribution in [3.05, 3.63) is 39.3 Å². The van der Waals surface area contributed by atoms with Gasteiger partial charge in [-0.2, -0.15) is 0 Å². The Kier molecular flexibility index (Phi) is 6.19. The number of nitrogens with one attached hydrogen (secondary N) is 1. The Bertz CT molecular complexity index is 871. The average molecular weight is 370 g/mol. The van der Waals surface area contributed by atoms with Gasteiger partial charge in [0.25, 0.3) is 5.56 Å². The SMILES string of the molecule is CCCCCNc1c(C)nc(-c2cc3c(cc2OC)CCCC3)n(C)c1=O. The third-order valence-electron chi connectivity index (χ3n) is 5.46. The molecule has 0 bridgehead atoms. The monoisotopic (exact) mass is 369 g/mol. The molecule has 0 spiro atoms. The fraction of sp³-hybridized carbons (Fsp3) is 0.545. The van der Waals surface area contributed by atoms with Crippen LogP contribution in [0.1, 0.15) is 55.8 Å². The zero-order valence-corrected chi connectivity index (χ0v) is 17.0. The zero-order chi connectivity index (χ0) is 19.4. The van der Waals surface area contributed by atoms with Crippen molar-refractivity contribution in [2.75, 3.05) is 19.0 Å². The fourth-order valence-electron chi connectivity index (χ4n) is 3.85. The van der Waals surface area contributed by atoms with Gasteiger partial charge in [0.15, 0.2) is 0 Å². The van der Waals surface area contributed by atoms with Gasteiger partial charge in [-0.15, -0.1) is 0 Å². The molecule has 1 N–H and O–H groups in total. The molecule has 5 nitrogen and oxygen atoms in total. The normalized spacial score (nSPS) is 13.3. The van der Waals surface area contributed by atoms with E-state index in [1.165, 1.54) is 24.0 Å². The highest BCUT2D eigenvalue weighted by Gasteiger charge is 2.19. The zero-order valence-electron chi connectivity index (χ0n) is 17.0. The smallest absolute Gasteiger partial charge is 0.277 e. The van der Waals surface area contributed by atoms with E-state index in [1.54, 1.807) is 18.7 Å². The summed E-state index contributed by atoms with van der Waals surface area (Å²) in [6.07, 6.45) is 7.99. The number of aromatic nitrogens is 2. The van der Waals surface area contributed by atoms with Crippen LogP contribution in [-0.4, -0.2) is 23.2 Å². The lowest BCUT2D eigenvalue weighted by Gasteiger charge is -2.20. The second kappa shape index (κ2) is 8.59. The summed E-state index contributed by atoms with van der Waals surface area (Å²) in [5.41, 5.74) is 4.93. The molecule has 0 amide bonds. The Balaban J connectivity index is 2.01. The van der Waals surface area contributed by atoms with Crippen LogP contribution in [0, 0.1) is 6.92 Å². The van der Waals surface area contributed by atoms with Crippen molar-refractivity contribution in [2.24, 2.45) is 7.05 Å². The van der Waals surface area contributed by atoms with Crippen molar-refractivity contribution in [2.45, 2.75) is 58.8 Å². The molecule has 0 fully saturated rings. The summed E-state index contributed by atoms with van der Waals surface area (Å²) in [7, 11) is 3.48. The number of ether oxygens (including phenoxy) is 1. The molecule has 2 aromatic rings. The van der Waals surface area contributed by atoms with Crippen LogP contribution < -0.4 is 15.6 Å². The van der Waals surface area contributed by atoms with E-state index in [4.69, 9.17) is 9.72 Å². The van der Waals surface area contributed by atoms with Crippen LogP contribution in [0.5, 0.6) is 5.75 Å². The number of aryl methyl sites for hydroxylation is 3. The van der Waals surface area contributed by atoms with Gasteiger partial charge in [-0.1, -0.05) is 19.8 Å². The largest absolute Gasteiger partial charge is 0.496 e. The Morgan fingerprint density at radius 3 is 2.56 bits per heavy atom. The topological polar surface area (TPSA) is 56.2 Å². The van der Waals surface area contributed by atoms with E-state index in [0.717, 1.165) is 55.7 Å². The molecular formula is C22H31N3O2. The molecule has 0 atom stereocenters. The number of fused-ring (bicyclic) bond motifs is 1. The van der Waals surface area contributed by atoms with E-state index < -0.39 is 0 Å². The fourth-order valence-corrected chi connectivity index (χ4v) is 3.85. The Morgan fingerprint density at radius 2 is 1.89 bits per heavy atom. The van der Waals surface area contributed by atoms with Gasteiger partial charge in [0.1, 0.15) is 17.3 Å². The van der Waals surface area contributed by atoms with Crippen LogP contribution >= 0.6 is 0 Å². The molecule has 146 valence electrons. The Labute approximate surface area is 161 Å². The predicted octanol–water partition coefficient (Wildman–Crippen LogP) is 4.25. The molecule has 1 aromatic heterocycles. The Hall–Kier alpha value is -2.30. The van der Waals surface area contributed by atoms with Crippen LogP contribution in [0.3, 0.4) is 0 Å². The molecule has 3 rings (SSSR count). The molecule has 0 saturated carbocycles. The molecule has 1 aliphatic rings. The molecule has 0 radical (unpaired) electrons. The lowest BCUT2D eigenvalue weighted by molar-refractivity contribution is 0.414. The highest BCUT2D eigenvalue weighted by Crippen LogP contribution is 2.34. The molecule has 1 aliphatic carbocycles. The van der Waals surface area contributed by atoms with Crippen molar-refractivity contribution >= 4 is 5.69 Å². The van der Waals surface area contributed by atoms with Crippen molar-refractivity contribution < 1.29 is 4.74 Å². The summed E-state index contributed by atoms with van der Waals surface area (Å²) >= 11 is 0. The first-order chi connectivity index (χ1) is 13.1. The van der Waals surface area contributed by atoms with E-state index in [2.05, 4.69) is 24.4 Å². The van der Waals surface area contributed by atoms with E-state index in [9.17, 15) is 4.79 Å². The summed E-state index contributed by atoms with van der Waals surface area (Å²) in [6.45, 7) is 4.87. The third kappa shape index (κ3) is 4.02. The molecule has 1 heterocycles. The summed E-state index contributed by atoms with van der Waals surface area (Å²) in [6, 6.07) is 4.30. The van der Waals surface area contributed by atoms with Gasteiger partial charge in [-0.3, -0.25) is 9.36 Å². The molecule has 0 aliphatic heterocycles. The molecule has 27 heavy (non-hydrogen) atoms. The van der Waals surface area contributed by atoms with Gasteiger partial charge >= 0.3 is 0 Å². The second-order valence-corrected chi connectivity index (χ2v) is 7.42. The lowest BCUT2D eigenvalue weighted by atomic mass is 9.89. The minimum absolute atomic E-state index is 0.0335. The quantitative estimate of drug-likeness (QED) is 0.742. The van der Waals surface area contributed by atoms with E-state index in [-0.39, 0.29) is 5.56 Å². The number of hydrogen-bond acceptors (Lipinski definition) is 4. The molecular weight excluding hydrogens is 338 g/mol. The minimum Gasteiger partial charge on any atom is -0.496 e. The van der Waals surface area contributed by atoms with Crippen LogP contribution in [0.4, 0.5) is 5.69 Å². The number of nitrogens with zero attached hydrogens (tertiary/aromatic N) is 2. The van der Waals surface area contributed by atoms with Crippen molar-refractivity contribution in [1.29, 1.82) is 0 Å². The number of benzene rings is 1. The predicted molar refractivity (Wildman–Crippen MR) is 111 cm³/mol. The van der Waals surface area contributed by atoms with Gasteiger partial charge in [0, 0.05) is 13.6 Å². The maximum Gasteiger partial charge on any atom is 0.277 e. The number of unbranched alkanes of at least 4 members (excludes halogenated alkanes) is 2. The number of anilines is 1. The molecule has 0 unspecified atom stereocenters. The first-order valence-electron chi connectivity index (χ1n) is 10.1. The standard InChI is InChI=1S/C22H31N3O2/c1-5-6-9-12-23-20-15(2)24-21(25(3)22(20)26)18-13-16-10-7-8-11-17(16)14-19(18)27-4/h13-14,23H,5-12H2,1-4H3. The Morgan fingerprint density at radius 1 is 1.19 bits per heavy atom. The first kappa shape index (κ1) is 19.5. The van der Waals surface area contributed by atoms with Gasteiger partial charge in [-0.25, -0.2) is 4.98 Å². The van der Waals surface area contributed by atoms with Crippen molar-refractivity contribution in [1.82, 2.24) is 9.55 Å². The molecule has 0 saturated heterocycles. The first-order valence-corrected chi connectivity index (χ1v) is 10.1. The van der Waals surface area contributed by atoms with E-state index in [1.807, 2.05) is 6.92 Å². The molecule has 1 aromatic carbocycles. The number of hydrogen-bond donors (Lipinski definition) is 1. The van der Waals surface area contributed by atoms with Gasteiger partial charge < -0.3 is 10.1 Å². The van der Waals surface area contributed by atoms with Crippen LogP contribution in [0.15, 0.2) is 16.9 Å². The summed E-state index contributed by atoms with van der Waals surface area (Å²) in [5, 5.41) is 3.29. The van der Waals surface area contributed by atoms with Crippen LogP contribution in [-0.2, 0) is 19.9 Å². The van der Waals surface area contributed by atoms with E-state index >= 15 is 0 Å². The second-order valence-electron chi connectivity index (χ2n) is 7.42. The van der Waals surface area contributed by atoms with Gasteiger partial charge in [0.2, 0.25) is 0 Å². The van der Waals surface area contributed by atoms with Crippen molar-refractivity contribution in [3.63, 3.8) is 0 Å². The van der Waals surface area contributed by atoms with Gasteiger partial charge in [0.05, 0.1) is 18.4 Å². The lowest BCUT2D eigenvalue weighted by Crippen LogP contribution is -2.26. The molecule has 5 heteroatoms. The van der Waals surface area contributed by atoms with Crippen LogP contribution in [0.2, 0.25) is 0 Å². The average Bonchev–Trinajstić information content (AvgIpc) is 2.69. The van der Waals surface area contributed by atoms with Crippen LogP contribution in [0.25, 0.3) is 11.4 Å². The van der Waals surface area contributed by atoms with Crippen molar-refractivity contribution in [3.8, 4) is 17.1 Å². The maximum absolute atomic E-state index is 13.0. The van der Waals surface area contributed by atoms with Gasteiger partial charge in [-0.05, 0) is 62.3 Å². The highest BCUT2D eigenvalue weighted by molar-refractivity contribution is 5.68. The van der Waals surface area contributed by atoms with E-state index in [0.29, 0.717) is 11.5 Å². The summed E-state index contributed by atoms with van der Waals surface area (Å²) in [4.78, 5) is 17.7. The summed E-state index contributed by atoms with van der Waals surface area (Å²) < 4.78 is 7.29. The third-order valence-corrected chi connectivity index (χ3v) is 5.46. The summed E-state index contributed by atoms with van der Waals surface area (Å²) in [5.74, 6) is 1.46. The number of rotatable bonds is 7. The minimum atomic E-state index is -0.0335.